The second kappa shape index (κ2) is 4.75. The van der Waals surface area contributed by atoms with Crippen LogP contribution in [-0.4, -0.2) is 26.3 Å². The van der Waals surface area contributed by atoms with Crippen molar-refractivity contribution in [1.82, 2.24) is 0 Å². The third-order valence-electron chi connectivity index (χ3n) is 3.22. The molecule has 5 nitrogen and oxygen atoms in total. The molecule has 0 unspecified atom stereocenters. The van der Waals surface area contributed by atoms with Crippen molar-refractivity contribution in [3.05, 3.63) is 40.2 Å². The Labute approximate surface area is 109 Å². The summed E-state index contributed by atoms with van der Waals surface area (Å²) in [6, 6.07) is 9.24. The fourth-order valence-electron chi connectivity index (χ4n) is 2.35. The van der Waals surface area contributed by atoms with E-state index in [-0.39, 0.29) is 5.56 Å². The minimum Gasteiger partial charge on any atom is -0.422 e. The Kier molecular flexibility index (Phi) is 2.94. The van der Waals surface area contributed by atoms with Gasteiger partial charge in [-0.15, -0.1) is 0 Å². The molecule has 1 aliphatic heterocycles. The average Bonchev–Trinajstić information content (AvgIpc) is 2.46. The summed E-state index contributed by atoms with van der Waals surface area (Å²) in [6.45, 7) is 2.53. The Bertz CT molecular complexity index is 709. The summed E-state index contributed by atoms with van der Waals surface area (Å²) in [5.74, 6) is 0. The first-order valence-electron chi connectivity index (χ1n) is 6.10. The van der Waals surface area contributed by atoms with Gasteiger partial charge in [-0.3, -0.25) is 0 Å². The lowest BCUT2D eigenvalue weighted by Gasteiger charge is -2.29. The Hall–Kier alpha value is -2.32. The SMILES string of the molecule is N#Cc1c(N2CCOCC2)c2ccccc2oc1=O. The molecule has 0 atom stereocenters. The fraction of sp³-hybridized carbons (Fsp3) is 0.286. The molecule has 1 fully saturated rings. The summed E-state index contributed by atoms with van der Waals surface area (Å²) in [5, 5.41) is 10.0. The predicted octanol–water partition coefficient (Wildman–Crippen LogP) is 1.50. The molecule has 0 aliphatic carbocycles. The summed E-state index contributed by atoms with van der Waals surface area (Å²) in [4.78, 5) is 13.9. The first kappa shape index (κ1) is 11.8. The zero-order valence-electron chi connectivity index (χ0n) is 10.3. The number of morpholine rings is 1. The first-order valence-corrected chi connectivity index (χ1v) is 6.10. The summed E-state index contributed by atoms with van der Waals surface area (Å²) >= 11 is 0. The molecular formula is C14H12N2O3. The highest BCUT2D eigenvalue weighted by Gasteiger charge is 2.21. The third-order valence-corrected chi connectivity index (χ3v) is 3.22. The lowest BCUT2D eigenvalue weighted by atomic mass is 10.1. The van der Waals surface area contributed by atoms with Gasteiger partial charge in [-0.05, 0) is 12.1 Å². The Morgan fingerprint density at radius 2 is 1.95 bits per heavy atom. The highest BCUT2D eigenvalue weighted by Crippen LogP contribution is 2.28. The van der Waals surface area contributed by atoms with Crippen molar-refractivity contribution in [2.45, 2.75) is 0 Å². The number of nitriles is 1. The molecule has 0 spiro atoms. The summed E-state index contributed by atoms with van der Waals surface area (Å²) in [6.07, 6.45) is 0. The second-order valence-corrected chi connectivity index (χ2v) is 4.32. The van der Waals surface area contributed by atoms with Gasteiger partial charge in [0.2, 0.25) is 0 Å². The van der Waals surface area contributed by atoms with Crippen LogP contribution >= 0.6 is 0 Å². The molecule has 0 radical (unpaired) electrons. The molecule has 0 bridgehead atoms. The molecule has 1 saturated heterocycles. The van der Waals surface area contributed by atoms with Crippen LogP contribution < -0.4 is 10.5 Å². The normalized spacial score (nSPS) is 15.4. The number of rotatable bonds is 1. The molecule has 1 aromatic heterocycles. The van der Waals surface area contributed by atoms with Crippen LogP contribution in [0.1, 0.15) is 5.56 Å². The molecule has 5 heteroatoms. The van der Waals surface area contributed by atoms with Gasteiger partial charge in [-0.1, -0.05) is 12.1 Å². The van der Waals surface area contributed by atoms with E-state index in [2.05, 4.69) is 0 Å². The highest BCUT2D eigenvalue weighted by atomic mass is 16.5. The van der Waals surface area contributed by atoms with Crippen LogP contribution in [0.2, 0.25) is 0 Å². The standard InChI is InChI=1S/C14H12N2O3/c15-9-11-13(16-5-7-18-8-6-16)10-3-1-2-4-12(10)19-14(11)17/h1-4H,5-8H2. The number of nitrogens with zero attached hydrogens (tertiary/aromatic N) is 2. The van der Waals surface area contributed by atoms with Crippen molar-refractivity contribution in [3.8, 4) is 6.07 Å². The lowest BCUT2D eigenvalue weighted by molar-refractivity contribution is 0.123. The van der Waals surface area contributed by atoms with Crippen molar-refractivity contribution < 1.29 is 9.15 Å². The molecule has 0 N–H and O–H groups in total. The van der Waals surface area contributed by atoms with Crippen LogP contribution in [-0.2, 0) is 4.74 Å². The van der Waals surface area contributed by atoms with E-state index in [1.807, 2.05) is 23.1 Å². The molecule has 2 heterocycles. The topological polar surface area (TPSA) is 66.5 Å². The van der Waals surface area contributed by atoms with Gasteiger partial charge < -0.3 is 14.1 Å². The molecule has 19 heavy (non-hydrogen) atoms. The van der Waals surface area contributed by atoms with Crippen molar-refractivity contribution in [2.24, 2.45) is 0 Å². The largest absolute Gasteiger partial charge is 0.422 e. The van der Waals surface area contributed by atoms with Crippen molar-refractivity contribution in [1.29, 1.82) is 5.26 Å². The maximum atomic E-state index is 11.9. The number of ether oxygens (including phenoxy) is 1. The predicted molar refractivity (Wildman–Crippen MR) is 70.2 cm³/mol. The van der Waals surface area contributed by atoms with Crippen molar-refractivity contribution in [3.63, 3.8) is 0 Å². The van der Waals surface area contributed by atoms with E-state index in [4.69, 9.17) is 9.15 Å². The monoisotopic (exact) mass is 256 g/mol. The molecule has 0 amide bonds. The van der Waals surface area contributed by atoms with Gasteiger partial charge >= 0.3 is 5.63 Å². The van der Waals surface area contributed by atoms with E-state index in [9.17, 15) is 10.1 Å². The molecule has 96 valence electrons. The van der Waals surface area contributed by atoms with E-state index in [0.717, 1.165) is 5.39 Å². The van der Waals surface area contributed by atoms with E-state index < -0.39 is 5.63 Å². The van der Waals surface area contributed by atoms with Crippen LogP contribution in [0.15, 0.2) is 33.5 Å². The number of fused-ring (bicyclic) bond motifs is 1. The number of para-hydroxylation sites is 1. The zero-order chi connectivity index (χ0) is 13.2. The van der Waals surface area contributed by atoms with Gasteiger partial charge in [0.05, 0.1) is 18.9 Å². The molecule has 1 aliphatic rings. The van der Waals surface area contributed by atoms with Crippen LogP contribution in [0.25, 0.3) is 11.0 Å². The summed E-state index contributed by atoms with van der Waals surface area (Å²) < 4.78 is 10.5. The van der Waals surface area contributed by atoms with Crippen molar-refractivity contribution in [2.75, 3.05) is 31.2 Å². The smallest absolute Gasteiger partial charge is 0.356 e. The molecule has 3 rings (SSSR count). The molecular weight excluding hydrogens is 244 g/mol. The Morgan fingerprint density at radius 1 is 1.21 bits per heavy atom. The fourth-order valence-corrected chi connectivity index (χ4v) is 2.35. The first-order chi connectivity index (χ1) is 9.31. The maximum absolute atomic E-state index is 11.9. The zero-order valence-corrected chi connectivity index (χ0v) is 10.3. The second-order valence-electron chi connectivity index (χ2n) is 4.32. The minimum absolute atomic E-state index is 0.0700. The summed E-state index contributed by atoms with van der Waals surface area (Å²) in [5.41, 5.74) is 0.661. The number of benzene rings is 1. The molecule has 1 aromatic carbocycles. The van der Waals surface area contributed by atoms with E-state index >= 15 is 0 Å². The average molecular weight is 256 g/mol. The van der Waals surface area contributed by atoms with Gasteiger partial charge in [0.1, 0.15) is 11.7 Å². The van der Waals surface area contributed by atoms with Gasteiger partial charge in [-0.25, -0.2) is 4.79 Å². The Balaban J connectivity index is 2.30. The van der Waals surface area contributed by atoms with E-state index in [1.165, 1.54) is 0 Å². The van der Waals surface area contributed by atoms with E-state index in [1.54, 1.807) is 12.1 Å². The number of hydrogen-bond acceptors (Lipinski definition) is 5. The van der Waals surface area contributed by atoms with Crippen LogP contribution in [0, 0.1) is 11.3 Å². The molecule has 0 saturated carbocycles. The number of anilines is 1. The van der Waals surface area contributed by atoms with Gasteiger partial charge in [0.25, 0.3) is 0 Å². The van der Waals surface area contributed by atoms with Crippen molar-refractivity contribution >= 4 is 16.7 Å². The Morgan fingerprint density at radius 3 is 2.68 bits per heavy atom. The van der Waals surface area contributed by atoms with Gasteiger partial charge in [0, 0.05) is 18.5 Å². The minimum atomic E-state index is -0.581. The molecule has 2 aromatic rings. The highest BCUT2D eigenvalue weighted by molar-refractivity contribution is 5.93. The van der Waals surface area contributed by atoms with Gasteiger partial charge in [0.15, 0.2) is 5.56 Å². The third kappa shape index (κ3) is 1.96. The lowest BCUT2D eigenvalue weighted by Crippen LogP contribution is -2.37. The van der Waals surface area contributed by atoms with Crippen LogP contribution in [0.4, 0.5) is 5.69 Å². The van der Waals surface area contributed by atoms with E-state index in [0.29, 0.717) is 37.6 Å². The number of hydrogen-bond donors (Lipinski definition) is 0. The van der Waals surface area contributed by atoms with Crippen LogP contribution in [0.3, 0.4) is 0 Å². The quantitative estimate of drug-likeness (QED) is 0.723. The summed E-state index contributed by atoms with van der Waals surface area (Å²) in [7, 11) is 0. The van der Waals surface area contributed by atoms with Gasteiger partial charge in [-0.2, -0.15) is 5.26 Å². The van der Waals surface area contributed by atoms with Crippen LogP contribution in [0.5, 0.6) is 0 Å². The maximum Gasteiger partial charge on any atom is 0.356 e.